The van der Waals surface area contributed by atoms with Crippen molar-refractivity contribution in [1.82, 2.24) is 39.9 Å². The minimum atomic E-state index is -3.07. The molecule has 0 saturated carbocycles. The zero-order valence-corrected chi connectivity index (χ0v) is 69.8. The number of carbonyl (C=O) groups is 4. The summed E-state index contributed by atoms with van der Waals surface area (Å²) in [6.07, 6.45) is 9.21. The number of halogens is 13. The zero-order chi connectivity index (χ0) is 91.2. The van der Waals surface area contributed by atoms with Gasteiger partial charge in [-0.15, -0.1) is 0 Å². The second-order valence-corrected chi connectivity index (χ2v) is 25.4. The summed E-state index contributed by atoms with van der Waals surface area (Å²) in [5.74, 6) is -1.44. The van der Waals surface area contributed by atoms with E-state index in [2.05, 4.69) is 120 Å². The van der Waals surface area contributed by atoms with Crippen molar-refractivity contribution in [2.75, 3.05) is 77.6 Å². The van der Waals surface area contributed by atoms with Crippen LogP contribution in [0.25, 0.3) is 0 Å². The number of aromatic nitrogens is 8. The molecule has 0 spiro atoms. The van der Waals surface area contributed by atoms with Gasteiger partial charge in [-0.25, -0.2) is 39.1 Å². The Labute approximate surface area is 715 Å². The van der Waals surface area contributed by atoms with Gasteiger partial charge in [0.2, 0.25) is 23.5 Å². The van der Waals surface area contributed by atoms with Crippen LogP contribution in [0.5, 0.6) is 29.3 Å². The molecule has 8 heterocycles. The molecule has 0 aliphatic carbocycles. The molecule has 4 atom stereocenters. The molecule has 47 heteroatoms. The number of methoxy groups -OCH3 is 4. The summed E-state index contributed by atoms with van der Waals surface area (Å²) in [4.78, 5) is 79.3. The van der Waals surface area contributed by atoms with E-state index in [4.69, 9.17) is 81.1 Å². The highest BCUT2D eigenvalue weighted by Gasteiger charge is 2.26. The molecule has 9 aromatic rings. The number of nitriles is 4. The maximum Gasteiger partial charge on any atom is 0.417 e. The van der Waals surface area contributed by atoms with Gasteiger partial charge >= 0.3 is 50.6 Å². The summed E-state index contributed by atoms with van der Waals surface area (Å²) in [6.45, 7) is 1.58. The lowest BCUT2D eigenvalue weighted by Crippen LogP contribution is -2.22. The second kappa shape index (κ2) is 50.9. The number of nitrogens with one attached hydrogen (secondary N) is 7. The summed E-state index contributed by atoms with van der Waals surface area (Å²) in [6, 6.07) is 19.4. The third-order valence-electron chi connectivity index (χ3n) is 15.5. The highest BCUT2D eigenvalue weighted by molar-refractivity contribution is 7.93. The molecule has 0 aliphatic rings. The van der Waals surface area contributed by atoms with Gasteiger partial charge in [-0.05, 0) is 91.8 Å². The highest BCUT2D eigenvalue weighted by atomic mass is 35.5. The van der Waals surface area contributed by atoms with Gasteiger partial charge in [0.15, 0.2) is 0 Å². The van der Waals surface area contributed by atoms with E-state index in [1.54, 1.807) is 92.1 Å². The van der Waals surface area contributed by atoms with Crippen LogP contribution >= 0.6 is 58.6 Å². The molecular formula is C75H73Cl4F9N20O13S. The molecule has 1 aromatic carbocycles. The topological polar surface area (TPSA) is 460 Å². The Bertz CT molecular complexity index is 4890. The Kier molecular flexibility index (Phi) is 42.4. The van der Waals surface area contributed by atoms with E-state index < -0.39 is 92.5 Å². The largest absolute Gasteiger partial charge is 0.417 e. The Morgan fingerprint density at radius 3 is 0.893 bits per heavy atom. The fourth-order valence-corrected chi connectivity index (χ4v) is 10.7. The third kappa shape index (κ3) is 31.7. The van der Waals surface area contributed by atoms with E-state index in [9.17, 15) is 74.0 Å². The number of benzene rings is 1. The third-order valence-corrected chi connectivity index (χ3v) is 16.6. The summed E-state index contributed by atoms with van der Waals surface area (Å²) in [5, 5.41) is 53.9. The fraction of sp³-hybridized carbons (Fsp3) is 0.280. The number of amides is 7. The molecule has 648 valence electrons. The van der Waals surface area contributed by atoms with E-state index >= 15 is 0 Å². The van der Waals surface area contributed by atoms with Crippen molar-refractivity contribution in [3.05, 3.63) is 192 Å². The van der Waals surface area contributed by atoms with Crippen LogP contribution in [0.4, 0.5) is 104 Å². The number of rotatable bonds is 24. The number of urea groups is 3. The quantitative estimate of drug-likeness (QED) is 0.0260. The SMILES string of the molecule is COC(C)c1c(N)cnc(C)c1C#N.COC(C)c1c(NC(=O)Nc2cnc(OC(F)F)c(Cl)c2)cnc(C)c1C#N.CO[C@@H](C)c1c(NC(=O)Nc2cnc(OC(F)F)c(Cl)c2)cnc(C)c1C#N.CO[C@H](C)c1c(NC(=O)Nc2cnc(OC(F)F)c(Cl)c2)cnc(C)c1C#N.CSF.O=C(Nc1cnc(OC(F)F)c(Cl)c1)Oc1ccccc1. The minimum Gasteiger partial charge on any atom is -0.415 e. The number of hydrogen-bond donors (Lipinski definition) is 8. The first kappa shape index (κ1) is 102. The Hall–Kier alpha value is -12.8. The normalized spacial score (nSPS) is 11.3. The predicted octanol–water partition coefficient (Wildman–Crippen LogP) is 19.5. The van der Waals surface area contributed by atoms with Crippen molar-refractivity contribution in [2.24, 2.45) is 0 Å². The van der Waals surface area contributed by atoms with Crippen molar-refractivity contribution in [1.29, 1.82) is 21.0 Å². The summed E-state index contributed by atoms with van der Waals surface area (Å²) in [7, 11) is 6.01. The lowest BCUT2D eigenvalue weighted by Gasteiger charge is -2.18. The van der Waals surface area contributed by atoms with Gasteiger partial charge in [0.25, 0.3) is 0 Å². The Morgan fingerprint density at radius 2 is 0.648 bits per heavy atom. The number of aryl methyl sites for hydroxylation is 4. The molecule has 0 bridgehead atoms. The molecule has 2 unspecified atom stereocenters. The van der Waals surface area contributed by atoms with E-state index in [0.29, 0.717) is 73.2 Å². The molecule has 8 aromatic heterocycles. The van der Waals surface area contributed by atoms with Crippen LogP contribution in [0.15, 0.2) is 104 Å². The number of nitrogens with zero attached hydrogens (tertiary/aromatic N) is 12. The number of carbonyl (C=O) groups excluding carboxylic acids is 4. The molecular weight excluding hydrogens is 1730 g/mol. The summed E-state index contributed by atoms with van der Waals surface area (Å²) in [5.41, 5.74) is 13.4. The maximum atomic E-state index is 12.3. The number of pyridine rings is 8. The van der Waals surface area contributed by atoms with Crippen molar-refractivity contribution in [3.63, 3.8) is 0 Å². The highest BCUT2D eigenvalue weighted by Crippen LogP contribution is 2.36. The second-order valence-electron chi connectivity index (χ2n) is 23.5. The number of anilines is 8. The molecule has 0 saturated heterocycles. The van der Waals surface area contributed by atoms with Crippen LogP contribution in [0.2, 0.25) is 20.1 Å². The van der Waals surface area contributed by atoms with E-state index in [1.165, 1.54) is 70.4 Å². The van der Waals surface area contributed by atoms with Gasteiger partial charge in [0.1, 0.15) is 50.1 Å². The predicted molar refractivity (Wildman–Crippen MR) is 433 cm³/mol. The fourth-order valence-electron chi connectivity index (χ4n) is 9.81. The van der Waals surface area contributed by atoms with Crippen LogP contribution in [0.3, 0.4) is 0 Å². The molecule has 7 amide bonds. The van der Waals surface area contributed by atoms with Crippen LogP contribution in [0.1, 0.15) is 119 Å². The van der Waals surface area contributed by atoms with Crippen LogP contribution in [-0.4, -0.2) is 125 Å². The Balaban J connectivity index is 0.000000322. The molecule has 9 N–H and O–H groups in total. The van der Waals surface area contributed by atoms with Crippen molar-refractivity contribution >= 4 is 128 Å². The first-order valence-corrected chi connectivity index (χ1v) is 36.8. The average molecular weight is 1810 g/mol. The van der Waals surface area contributed by atoms with E-state index in [1.807, 2.05) is 6.92 Å². The van der Waals surface area contributed by atoms with Crippen LogP contribution in [0, 0.1) is 73.0 Å². The molecule has 0 fully saturated rings. The molecule has 0 radical (unpaired) electrons. The number of nitrogens with two attached hydrogens (primary N) is 1. The van der Waals surface area contributed by atoms with Gasteiger partial charge in [-0.3, -0.25) is 25.3 Å². The standard InChI is InChI=1S/3C17H16ClF2N5O3.C13H9ClF2N2O3.C10H13N3O.CH3FS/c3*1-8-11(5-21)14(9(2)27-3)13(7-22-8)25-17(26)24-10-4-12(18)15(23-6-10)28-16(19)20;14-10-6-8(7-17-11(10)21-12(15)16)18-13(19)20-9-4-2-1-3-5-9;1-6-8(4-11)10(7(2)14-3)9(12)5-13-6;1-3-2/h3*4,6-7,9,16H,1-3H3,(H2,24,25,26);1-7,12H,(H,18,19);5,7H,12H2,1-3H3;1H3/t2*9-;;;;/m10..../s1. The number of hydrogen-bond acceptors (Lipinski definition) is 27. The van der Waals surface area contributed by atoms with Gasteiger partial charge in [0.05, 0.1) is 165 Å². The Morgan fingerprint density at radius 1 is 0.402 bits per heavy atom. The monoisotopic (exact) mass is 1800 g/mol. The summed E-state index contributed by atoms with van der Waals surface area (Å²) >= 11 is 23.4. The van der Waals surface area contributed by atoms with Crippen molar-refractivity contribution in [2.45, 2.75) is 106 Å². The summed E-state index contributed by atoms with van der Waals surface area (Å²) < 4.78 is 150. The lowest BCUT2D eigenvalue weighted by atomic mass is 10.0. The van der Waals surface area contributed by atoms with E-state index in [0.717, 1.165) is 30.4 Å². The first-order chi connectivity index (χ1) is 57.8. The number of ether oxygens (including phenoxy) is 9. The van der Waals surface area contributed by atoms with Crippen LogP contribution in [-0.2, 0) is 18.9 Å². The minimum absolute atomic E-state index is 0.144. The van der Waals surface area contributed by atoms with Crippen molar-refractivity contribution in [3.8, 4) is 53.5 Å². The van der Waals surface area contributed by atoms with Gasteiger partial charge < -0.3 is 80.3 Å². The molecule has 9 rings (SSSR count). The van der Waals surface area contributed by atoms with Crippen molar-refractivity contribution < 1.29 is 101 Å². The number of nitrogen functional groups attached to an aromatic ring is 1. The molecule has 33 nitrogen and oxygen atoms in total. The lowest BCUT2D eigenvalue weighted by molar-refractivity contribution is -0.0534. The van der Waals surface area contributed by atoms with Gasteiger partial charge in [-0.2, -0.15) is 60.1 Å². The first-order valence-electron chi connectivity index (χ1n) is 34.2. The molecule has 0 aliphatic heterocycles. The van der Waals surface area contributed by atoms with E-state index in [-0.39, 0.29) is 78.2 Å². The number of para-hydroxylation sites is 1. The number of alkyl halides is 8. The smallest absolute Gasteiger partial charge is 0.415 e. The van der Waals surface area contributed by atoms with Crippen LogP contribution < -0.4 is 66.6 Å². The van der Waals surface area contributed by atoms with Gasteiger partial charge in [-0.1, -0.05) is 64.6 Å². The molecule has 122 heavy (non-hydrogen) atoms. The van der Waals surface area contributed by atoms with Gasteiger partial charge in [0, 0.05) is 69.1 Å². The zero-order valence-electron chi connectivity index (χ0n) is 66.0. The average Bonchev–Trinajstić information content (AvgIpc) is 0.822. The maximum absolute atomic E-state index is 12.3.